The molecule has 9 rings (SSSR count). The van der Waals surface area contributed by atoms with Crippen LogP contribution >= 0.6 is 0 Å². The number of nitrogens with zero attached hydrogens (tertiary/aromatic N) is 2. The van der Waals surface area contributed by atoms with Crippen molar-refractivity contribution in [2.45, 2.75) is 12.8 Å². The first-order chi connectivity index (χ1) is 28.7. The lowest BCUT2D eigenvalue weighted by molar-refractivity contribution is 0.636. The van der Waals surface area contributed by atoms with E-state index in [-0.39, 0.29) is 0 Å². The number of para-hydroxylation sites is 3. The molecule has 0 saturated heterocycles. The Kier molecular flexibility index (Phi) is 10.5. The Balaban J connectivity index is 1.01. The lowest BCUT2D eigenvalue weighted by Crippen LogP contribution is -2.12. The molecule has 58 heavy (non-hydrogen) atoms. The first kappa shape index (κ1) is 36.3. The fourth-order valence-electron chi connectivity index (χ4n) is 7.94. The van der Waals surface area contributed by atoms with Gasteiger partial charge in [-0.25, -0.2) is 0 Å². The van der Waals surface area contributed by atoms with Gasteiger partial charge < -0.3 is 15.1 Å². The van der Waals surface area contributed by atoms with Gasteiger partial charge in [-0.05, 0) is 125 Å². The molecule has 0 heterocycles. The van der Waals surface area contributed by atoms with Crippen molar-refractivity contribution in [2.75, 3.05) is 15.1 Å². The summed E-state index contributed by atoms with van der Waals surface area (Å²) in [5.74, 6) is 0.802. The van der Waals surface area contributed by atoms with Gasteiger partial charge in [0.25, 0.3) is 0 Å². The van der Waals surface area contributed by atoms with Crippen molar-refractivity contribution >= 4 is 45.5 Å². The number of hydrogen-bond donors (Lipinski definition) is 1. The summed E-state index contributed by atoms with van der Waals surface area (Å²) in [5.41, 5.74) is 14.8. The van der Waals surface area contributed by atoms with Gasteiger partial charge in [0.1, 0.15) is 0 Å². The van der Waals surface area contributed by atoms with E-state index in [1.165, 1.54) is 27.8 Å². The van der Waals surface area contributed by atoms with Gasteiger partial charge in [0.15, 0.2) is 0 Å². The number of anilines is 8. The van der Waals surface area contributed by atoms with E-state index in [2.05, 4.69) is 259 Å². The third-order valence-corrected chi connectivity index (χ3v) is 11.0. The molecular weight excluding hydrogens is 703 g/mol. The van der Waals surface area contributed by atoms with Crippen molar-refractivity contribution < 1.29 is 0 Å². The molecule has 0 bridgehead atoms. The van der Waals surface area contributed by atoms with Crippen molar-refractivity contribution in [3.05, 3.63) is 242 Å². The summed E-state index contributed by atoms with van der Waals surface area (Å²) in [7, 11) is 0. The molecule has 0 radical (unpaired) electrons. The van der Waals surface area contributed by atoms with Crippen LogP contribution in [-0.2, 0) is 0 Å². The average Bonchev–Trinajstić information content (AvgIpc) is 3.29. The standard InChI is InChI=1S/C55H45N3/c1-41-15-11-12-22-53(41)54-23-13-14-24-55(54)56-46-31-25-43(26-32-46)45-29-35-50(36-30-45)58(49-33-27-44(28-34-49)42-16-5-2-6-17-42)52-39-37-51(38-40-52)57(47-18-7-3-8-19-47)48-20-9-4-10-21-48/h2-41,53,56H,1H3. The van der Waals surface area contributed by atoms with Crippen LogP contribution in [0.25, 0.3) is 22.3 Å². The fraction of sp³-hybridized carbons (Fsp3) is 0.0545. The van der Waals surface area contributed by atoms with Crippen molar-refractivity contribution in [3.8, 4) is 22.3 Å². The second-order valence-corrected chi connectivity index (χ2v) is 14.8. The van der Waals surface area contributed by atoms with Crippen LogP contribution < -0.4 is 15.1 Å². The quantitative estimate of drug-likeness (QED) is 0.142. The minimum Gasteiger partial charge on any atom is -0.355 e. The zero-order valence-electron chi connectivity index (χ0n) is 32.6. The maximum Gasteiger partial charge on any atom is 0.0463 e. The lowest BCUT2D eigenvalue weighted by atomic mass is 9.83. The Labute approximate surface area is 342 Å². The second-order valence-electron chi connectivity index (χ2n) is 14.8. The largest absolute Gasteiger partial charge is 0.355 e. The molecule has 280 valence electrons. The van der Waals surface area contributed by atoms with Crippen molar-refractivity contribution in [3.63, 3.8) is 0 Å². The topological polar surface area (TPSA) is 18.5 Å². The third kappa shape index (κ3) is 7.84. The average molecular weight is 748 g/mol. The highest BCUT2D eigenvalue weighted by Gasteiger charge is 2.20. The number of rotatable bonds is 11. The van der Waals surface area contributed by atoms with E-state index in [0.717, 1.165) is 45.5 Å². The number of allylic oxidation sites excluding steroid dienone is 4. The van der Waals surface area contributed by atoms with E-state index in [1.54, 1.807) is 0 Å². The number of nitrogens with one attached hydrogen (secondary N) is 1. The van der Waals surface area contributed by atoms with E-state index in [0.29, 0.717) is 11.8 Å². The maximum atomic E-state index is 3.71. The highest BCUT2D eigenvalue weighted by Crippen LogP contribution is 2.41. The van der Waals surface area contributed by atoms with E-state index in [1.807, 2.05) is 0 Å². The predicted octanol–water partition coefficient (Wildman–Crippen LogP) is 15.5. The molecule has 0 amide bonds. The highest BCUT2D eigenvalue weighted by molar-refractivity contribution is 5.83. The summed E-state index contributed by atoms with van der Waals surface area (Å²) in [4.78, 5) is 4.63. The molecule has 0 fully saturated rings. The Hall–Kier alpha value is -7.36. The van der Waals surface area contributed by atoms with Crippen LogP contribution in [0.4, 0.5) is 45.5 Å². The molecule has 0 spiro atoms. The molecule has 3 heteroatoms. The molecule has 0 aliphatic heterocycles. The first-order valence-electron chi connectivity index (χ1n) is 20.1. The van der Waals surface area contributed by atoms with Crippen molar-refractivity contribution in [1.29, 1.82) is 0 Å². The summed E-state index contributed by atoms with van der Waals surface area (Å²) in [5, 5.41) is 3.71. The molecular formula is C55H45N3. The Morgan fingerprint density at radius 1 is 0.345 bits per heavy atom. The molecule has 3 nitrogen and oxygen atoms in total. The Bertz CT molecular complexity index is 2570. The molecule has 0 saturated carbocycles. The van der Waals surface area contributed by atoms with E-state index >= 15 is 0 Å². The zero-order chi connectivity index (χ0) is 39.1. The minimum atomic E-state index is 0.351. The molecule has 1 aliphatic carbocycles. The van der Waals surface area contributed by atoms with Gasteiger partial charge in [0, 0.05) is 51.4 Å². The van der Waals surface area contributed by atoms with E-state index in [4.69, 9.17) is 0 Å². The highest BCUT2D eigenvalue weighted by atomic mass is 15.2. The van der Waals surface area contributed by atoms with Crippen molar-refractivity contribution in [2.24, 2.45) is 5.92 Å². The van der Waals surface area contributed by atoms with Gasteiger partial charge in [-0.1, -0.05) is 153 Å². The van der Waals surface area contributed by atoms with E-state index in [9.17, 15) is 0 Å². The van der Waals surface area contributed by atoms with Crippen LogP contribution in [0.5, 0.6) is 0 Å². The fourth-order valence-corrected chi connectivity index (χ4v) is 7.94. The predicted molar refractivity (Wildman–Crippen MR) is 247 cm³/mol. The smallest absolute Gasteiger partial charge is 0.0463 e. The summed E-state index contributed by atoms with van der Waals surface area (Å²) in [6.45, 7) is 2.28. The maximum absolute atomic E-state index is 3.71. The van der Waals surface area contributed by atoms with Gasteiger partial charge in [-0.15, -0.1) is 0 Å². The normalized spacial score (nSPS) is 14.5. The monoisotopic (exact) mass is 747 g/mol. The minimum absolute atomic E-state index is 0.351. The van der Waals surface area contributed by atoms with Gasteiger partial charge in [0.05, 0.1) is 0 Å². The molecule has 2 atom stereocenters. The van der Waals surface area contributed by atoms with Crippen LogP contribution in [0, 0.1) is 5.92 Å². The van der Waals surface area contributed by atoms with Gasteiger partial charge in [-0.3, -0.25) is 0 Å². The summed E-state index contributed by atoms with van der Waals surface area (Å²) in [6, 6.07) is 75.7. The second kappa shape index (κ2) is 16.8. The molecule has 8 aromatic carbocycles. The number of benzene rings is 8. The van der Waals surface area contributed by atoms with Crippen LogP contribution in [0.2, 0.25) is 0 Å². The van der Waals surface area contributed by atoms with Gasteiger partial charge >= 0.3 is 0 Å². The summed E-state index contributed by atoms with van der Waals surface area (Å²) in [6.07, 6.45) is 8.89. The molecule has 2 unspecified atom stereocenters. The molecule has 8 aromatic rings. The summed E-state index contributed by atoms with van der Waals surface area (Å²) >= 11 is 0. The van der Waals surface area contributed by atoms with Crippen LogP contribution in [-0.4, -0.2) is 0 Å². The Morgan fingerprint density at radius 2 is 0.707 bits per heavy atom. The SMILES string of the molecule is CC1C=CC=CC1c1ccccc1Nc1ccc(-c2ccc(N(c3ccc(-c4ccccc4)cc3)c3ccc(N(c4ccccc4)c4ccccc4)cc3)cc2)cc1. The molecule has 1 N–H and O–H groups in total. The van der Waals surface area contributed by atoms with Crippen molar-refractivity contribution in [1.82, 2.24) is 0 Å². The van der Waals surface area contributed by atoms with Gasteiger partial charge in [0.2, 0.25) is 0 Å². The molecule has 1 aliphatic rings. The zero-order valence-corrected chi connectivity index (χ0v) is 32.6. The van der Waals surface area contributed by atoms with Gasteiger partial charge in [-0.2, -0.15) is 0 Å². The van der Waals surface area contributed by atoms with Crippen LogP contribution in [0.15, 0.2) is 237 Å². The Morgan fingerprint density at radius 3 is 1.19 bits per heavy atom. The first-order valence-corrected chi connectivity index (χ1v) is 20.1. The van der Waals surface area contributed by atoms with Crippen LogP contribution in [0.1, 0.15) is 18.4 Å². The lowest BCUT2D eigenvalue weighted by Gasteiger charge is -2.28. The van der Waals surface area contributed by atoms with Crippen LogP contribution in [0.3, 0.4) is 0 Å². The third-order valence-electron chi connectivity index (χ3n) is 11.0. The van der Waals surface area contributed by atoms with E-state index < -0.39 is 0 Å². The summed E-state index contributed by atoms with van der Waals surface area (Å²) < 4.78 is 0. The number of hydrogen-bond acceptors (Lipinski definition) is 3. The molecule has 0 aromatic heterocycles.